The number of carboxylic acids is 1. The Bertz CT molecular complexity index is 108. The van der Waals surface area contributed by atoms with Crippen molar-refractivity contribution in [1.82, 2.24) is 0 Å². The van der Waals surface area contributed by atoms with Gasteiger partial charge in [0.25, 0.3) is 0 Å². The van der Waals surface area contributed by atoms with Crippen molar-refractivity contribution < 1.29 is 9.90 Å². The number of carboxylic acid groups (broad SMARTS) is 1. The molecule has 3 nitrogen and oxygen atoms in total. The summed E-state index contributed by atoms with van der Waals surface area (Å²) in [5, 5.41) is 10.2. The van der Waals surface area contributed by atoms with Crippen LogP contribution in [-0.2, 0) is 4.79 Å². The Hall–Kier alpha value is -0.0505. The van der Waals surface area contributed by atoms with Crippen LogP contribution in [0.1, 0.15) is 13.3 Å². The summed E-state index contributed by atoms with van der Waals surface area (Å²) in [5.74, 6) is -0.877. The van der Waals surface area contributed by atoms with Crippen LogP contribution in [0.15, 0.2) is 0 Å². The molecule has 0 saturated carbocycles. The zero-order chi connectivity index (χ0) is 7.98. The number of nitrogens with two attached hydrogens (primary N) is 1. The molecular formula is C6H13NO2Se. The first-order chi connectivity index (χ1) is 4.68. The van der Waals surface area contributed by atoms with Crippen LogP contribution >= 0.6 is 0 Å². The number of hydrogen-bond donors (Lipinski definition) is 2. The van der Waals surface area contributed by atoms with Gasteiger partial charge in [0.2, 0.25) is 0 Å². The van der Waals surface area contributed by atoms with Crippen LogP contribution in [0, 0.1) is 0 Å². The molecule has 4 heteroatoms. The van der Waals surface area contributed by atoms with Gasteiger partial charge in [-0.15, -0.1) is 0 Å². The van der Waals surface area contributed by atoms with Crippen LogP contribution in [-0.4, -0.2) is 32.1 Å². The summed E-state index contributed by atoms with van der Waals surface area (Å²) < 4.78 is 0. The first-order valence-electron chi connectivity index (χ1n) is 3.24. The zero-order valence-electron chi connectivity index (χ0n) is 6.04. The van der Waals surface area contributed by atoms with E-state index in [1.54, 1.807) is 0 Å². The molecule has 0 aromatic carbocycles. The van der Waals surface area contributed by atoms with Gasteiger partial charge in [-0.25, -0.2) is 0 Å². The molecule has 0 aliphatic carbocycles. The Morgan fingerprint density at radius 1 is 1.80 bits per heavy atom. The van der Waals surface area contributed by atoms with Crippen molar-refractivity contribution >= 4 is 20.9 Å². The van der Waals surface area contributed by atoms with E-state index in [9.17, 15) is 4.79 Å². The van der Waals surface area contributed by atoms with E-state index in [0.29, 0.717) is 20.3 Å². The van der Waals surface area contributed by atoms with E-state index in [1.165, 1.54) is 0 Å². The van der Waals surface area contributed by atoms with Crippen LogP contribution in [0.4, 0.5) is 0 Å². The van der Waals surface area contributed by atoms with Gasteiger partial charge in [-0.2, -0.15) is 0 Å². The average molecular weight is 210 g/mol. The van der Waals surface area contributed by atoms with Crippen LogP contribution in [0.25, 0.3) is 0 Å². The first-order valence-corrected chi connectivity index (χ1v) is 5.67. The summed E-state index contributed by atoms with van der Waals surface area (Å²) in [7, 11) is 0. The quantitative estimate of drug-likeness (QED) is 0.508. The van der Waals surface area contributed by atoms with Crippen LogP contribution in [0.3, 0.4) is 0 Å². The molecule has 1 atom stereocenters. The van der Waals surface area contributed by atoms with Gasteiger partial charge in [0.15, 0.2) is 0 Å². The number of carbonyl (C=O) groups is 1. The second-order valence-corrected chi connectivity index (χ2v) is 4.43. The standard InChI is InChI=1S/C6H13NO2Se/c1-2-3-10-4-5(7)6(8)9/h5H,2-4,7H2,1H3,(H,8,9)/t5-/m1/s1. The predicted molar refractivity (Wildman–Crippen MR) is 41.3 cm³/mol. The number of rotatable bonds is 5. The van der Waals surface area contributed by atoms with Gasteiger partial charge in [0, 0.05) is 0 Å². The van der Waals surface area contributed by atoms with Gasteiger partial charge in [-0.1, -0.05) is 0 Å². The van der Waals surface area contributed by atoms with Gasteiger partial charge in [-0.05, 0) is 0 Å². The summed E-state index contributed by atoms with van der Waals surface area (Å²) in [4.78, 5) is 10.2. The third-order valence-corrected chi connectivity index (χ3v) is 3.67. The maximum atomic E-state index is 10.2. The van der Waals surface area contributed by atoms with Crippen molar-refractivity contribution in [3.63, 3.8) is 0 Å². The SMILES string of the molecule is CCC[Se]C[C@@H](N)C(=O)O. The van der Waals surface area contributed by atoms with Gasteiger partial charge in [0.05, 0.1) is 0 Å². The molecule has 0 fully saturated rings. The third-order valence-electron chi connectivity index (χ3n) is 0.963. The van der Waals surface area contributed by atoms with E-state index in [0.717, 1.165) is 11.7 Å². The molecule has 0 saturated heterocycles. The van der Waals surface area contributed by atoms with E-state index < -0.39 is 12.0 Å². The van der Waals surface area contributed by atoms with Gasteiger partial charge < -0.3 is 0 Å². The van der Waals surface area contributed by atoms with E-state index in [4.69, 9.17) is 10.8 Å². The van der Waals surface area contributed by atoms with Crippen molar-refractivity contribution in [2.75, 3.05) is 0 Å². The summed E-state index contributed by atoms with van der Waals surface area (Å²) in [5.41, 5.74) is 5.27. The molecule has 0 radical (unpaired) electrons. The fourth-order valence-electron chi connectivity index (χ4n) is 0.426. The number of hydrogen-bond acceptors (Lipinski definition) is 2. The summed E-state index contributed by atoms with van der Waals surface area (Å²) in [6.07, 6.45) is 1.13. The van der Waals surface area contributed by atoms with Gasteiger partial charge in [-0.3, -0.25) is 0 Å². The molecule has 0 aliphatic heterocycles. The molecule has 0 bridgehead atoms. The minimum atomic E-state index is -0.877. The molecule has 0 spiro atoms. The Kier molecular flexibility index (Phi) is 5.68. The van der Waals surface area contributed by atoms with Crippen LogP contribution in [0.5, 0.6) is 0 Å². The maximum absolute atomic E-state index is 10.2. The molecule has 3 N–H and O–H groups in total. The normalized spacial score (nSPS) is 13.0. The van der Waals surface area contributed by atoms with Crippen LogP contribution in [0.2, 0.25) is 10.6 Å². The topological polar surface area (TPSA) is 63.3 Å². The predicted octanol–water partition coefficient (Wildman–Crippen LogP) is 0.349. The fraction of sp³-hybridized carbons (Fsp3) is 0.833. The molecule has 0 aromatic rings. The molecule has 10 heavy (non-hydrogen) atoms. The second kappa shape index (κ2) is 5.71. The number of aliphatic carboxylic acids is 1. The molecule has 0 rings (SSSR count). The Labute approximate surface area is 67.1 Å². The third kappa shape index (κ3) is 4.79. The van der Waals surface area contributed by atoms with Gasteiger partial charge in [0.1, 0.15) is 0 Å². The van der Waals surface area contributed by atoms with Crippen molar-refractivity contribution in [3.05, 3.63) is 0 Å². The molecule has 0 aromatic heterocycles. The fourth-order valence-corrected chi connectivity index (χ4v) is 2.21. The van der Waals surface area contributed by atoms with E-state index >= 15 is 0 Å². The van der Waals surface area contributed by atoms with E-state index in [2.05, 4.69) is 6.92 Å². The van der Waals surface area contributed by atoms with Gasteiger partial charge >= 0.3 is 66.6 Å². The molecule has 0 heterocycles. The summed E-state index contributed by atoms with van der Waals surface area (Å²) in [6.45, 7) is 2.09. The van der Waals surface area contributed by atoms with Crippen molar-refractivity contribution in [2.45, 2.75) is 30.0 Å². The molecule has 60 valence electrons. The Morgan fingerprint density at radius 3 is 2.80 bits per heavy atom. The second-order valence-electron chi connectivity index (χ2n) is 2.02. The molecule has 0 amide bonds. The van der Waals surface area contributed by atoms with E-state index in [-0.39, 0.29) is 0 Å². The average Bonchev–Trinajstić information content (AvgIpc) is 1.88. The monoisotopic (exact) mass is 211 g/mol. The van der Waals surface area contributed by atoms with Crippen molar-refractivity contribution in [2.24, 2.45) is 5.73 Å². The molecule has 0 aliphatic rings. The minimum absolute atomic E-state index is 0.423. The molecule has 0 unspecified atom stereocenters. The van der Waals surface area contributed by atoms with Crippen molar-refractivity contribution in [3.8, 4) is 0 Å². The summed E-state index contributed by atoms with van der Waals surface area (Å²) in [6, 6.07) is -0.633. The first kappa shape index (κ1) is 9.95. The van der Waals surface area contributed by atoms with Crippen molar-refractivity contribution in [1.29, 1.82) is 0 Å². The van der Waals surface area contributed by atoms with E-state index in [1.807, 2.05) is 0 Å². The zero-order valence-corrected chi connectivity index (χ0v) is 7.75. The molecular weight excluding hydrogens is 197 g/mol. The van der Waals surface area contributed by atoms with Crippen LogP contribution < -0.4 is 5.73 Å². The Morgan fingerprint density at radius 2 is 2.40 bits per heavy atom. The summed E-state index contributed by atoms with van der Waals surface area (Å²) >= 11 is 0.423. The Balaban J connectivity index is 3.21.